The highest BCUT2D eigenvalue weighted by Gasteiger charge is 2.14. The lowest BCUT2D eigenvalue weighted by Gasteiger charge is -2.11. The summed E-state index contributed by atoms with van der Waals surface area (Å²) < 4.78 is 10.4. The predicted octanol–water partition coefficient (Wildman–Crippen LogP) is 2.19. The van der Waals surface area contributed by atoms with E-state index in [4.69, 9.17) is 15.0 Å². The van der Waals surface area contributed by atoms with Gasteiger partial charge in [-0.05, 0) is 23.6 Å². The van der Waals surface area contributed by atoms with E-state index in [2.05, 4.69) is 24.0 Å². The molecule has 20 heavy (non-hydrogen) atoms. The van der Waals surface area contributed by atoms with E-state index < -0.39 is 0 Å². The molecule has 0 aliphatic carbocycles. The molecule has 0 fully saturated rings. The van der Waals surface area contributed by atoms with Gasteiger partial charge in [0.2, 0.25) is 5.89 Å². The lowest BCUT2D eigenvalue weighted by molar-refractivity contribution is 0.350. The summed E-state index contributed by atoms with van der Waals surface area (Å²) >= 11 is 0. The molecule has 5 nitrogen and oxygen atoms in total. The van der Waals surface area contributed by atoms with Gasteiger partial charge in [-0.3, -0.25) is 0 Å². The number of nitrogens with two attached hydrogens (primary N) is 1. The fourth-order valence-electron chi connectivity index (χ4n) is 1.85. The van der Waals surface area contributed by atoms with Crippen LogP contribution in [-0.2, 0) is 12.8 Å². The van der Waals surface area contributed by atoms with Crippen LogP contribution < -0.4 is 10.5 Å². The van der Waals surface area contributed by atoms with E-state index in [0.29, 0.717) is 30.5 Å². The molecule has 108 valence electrons. The molecule has 5 heteroatoms. The maximum Gasteiger partial charge on any atom is 0.228 e. The number of nitrogens with zero attached hydrogens (tertiary/aromatic N) is 2. The van der Waals surface area contributed by atoms with Crippen molar-refractivity contribution in [3.05, 3.63) is 41.5 Å². The fraction of sp³-hybridized carbons (Fsp3) is 0.467. The summed E-state index contributed by atoms with van der Waals surface area (Å²) in [6.45, 7) is 4.16. The summed E-state index contributed by atoms with van der Waals surface area (Å²) in [5.74, 6) is 2.49. The third-order valence-electron chi connectivity index (χ3n) is 3.27. The molecule has 1 heterocycles. The molecular formula is C15H21N3O2. The molecule has 0 aliphatic rings. The first kappa shape index (κ1) is 14.5. The Hall–Kier alpha value is -1.88. The van der Waals surface area contributed by atoms with E-state index in [1.54, 1.807) is 7.11 Å². The van der Waals surface area contributed by atoms with Crippen molar-refractivity contribution < 1.29 is 9.26 Å². The summed E-state index contributed by atoms with van der Waals surface area (Å²) in [7, 11) is 1.65. The van der Waals surface area contributed by atoms with Crippen LogP contribution in [0, 0.1) is 5.92 Å². The van der Waals surface area contributed by atoms with Crippen LogP contribution in [0.1, 0.15) is 31.1 Å². The maximum absolute atomic E-state index is 6.00. The Morgan fingerprint density at radius 2 is 2.15 bits per heavy atom. The average molecular weight is 275 g/mol. The summed E-state index contributed by atoms with van der Waals surface area (Å²) in [5.41, 5.74) is 7.09. The number of rotatable bonds is 6. The zero-order valence-electron chi connectivity index (χ0n) is 12.2. The summed E-state index contributed by atoms with van der Waals surface area (Å²) in [6.07, 6.45) is 1.24. The van der Waals surface area contributed by atoms with E-state index in [0.717, 1.165) is 11.3 Å². The molecule has 1 aromatic heterocycles. The third kappa shape index (κ3) is 3.81. The van der Waals surface area contributed by atoms with Gasteiger partial charge in [0.05, 0.1) is 7.11 Å². The van der Waals surface area contributed by atoms with Crippen LogP contribution in [0.4, 0.5) is 0 Å². The van der Waals surface area contributed by atoms with Gasteiger partial charge in [0, 0.05) is 18.9 Å². The van der Waals surface area contributed by atoms with Gasteiger partial charge in [-0.25, -0.2) is 0 Å². The summed E-state index contributed by atoms with van der Waals surface area (Å²) in [4.78, 5) is 4.38. The lowest BCUT2D eigenvalue weighted by Crippen LogP contribution is -2.28. The van der Waals surface area contributed by atoms with Gasteiger partial charge in [0.1, 0.15) is 5.75 Å². The Morgan fingerprint density at radius 3 is 2.85 bits per heavy atom. The number of methoxy groups -OCH3 is 1. The summed E-state index contributed by atoms with van der Waals surface area (Å²) in [5, 5.41) is 4.00. The average Bonchev–Trinajstić information content (AvgIpc) is 2.86. The van der Waals surface area contributed by atoms with Crippen molar-refractivity contribution in [3.8, 4) is 5.75 Å². The fourth-order valence-corrected chi connectivity index (χ4v) is 1.85. The minimum absolute atomic E-state index is 0.0418. The quantitative estimate of drug-likeness (QED) is 0.874. The SMILES string of the molecule is COc1cccc(Cc2noc(CC(N)C(C)C)n2)c1. The van der Waals surface area contributed by atoms with Gasteiger partial charge < -0.3 is 15.0 Å². The molecule has 0 bridgehead atoms. The number of hydrogen-bond acceptors (Lipinski definition) is 5. The number of ether oxygens (including phenoxy) is 1. The highest BCUT2D eigenvalue weighted by atomic mass is 16.5. The van der Waals surface area contributed by atoms with Gasteiger partial charge in [-0.2, -0.15) is 4.98 Å². The van der Waals surface area contributed by atoms with Gasteiger partial charge in [0.15, 0.2) is 5.82 Å². The van der Waals surface area contributed by atoms with Crippen LogP contribution in [0.15, 0.2) is 28.8 Å². The molecule has 2 aromatic rings. The Labute approximate surface area is 119 Å². The monoisotopic (exact) mass is 275 g/mol. The molecular weight excluding hydrogens is 254 g/mol. The Balaban J connectivity index is 2.02. The molecule has 2 rings (SSSR count). The second-order valence-corrected chi connectivity index (χ2v) is 5.24. The number of hydrogen-bond donors (Lipinski definition) is 1. The highest BCUT2D eigenvalue weighted by Crippen LogP contribution is 2.15. The van der Waals surface area contributed by atoms with Gasteiger partial charge in [0.25, 0.3) is 0 Å². The molecule has 2 N–H and O–H groups in total. The van der Waals surface area contributed by atoms with Crippen molar-refractivity contribution in [2.45, 2.75) is 32.7 Å². The second-order valence-electron chi connectivity index (χ2n) is 5.24. The minimum Gasteiger partial charge on any atom is -0.497 e. The molecule has 0 spiro atoms. The maximum atomic E-state index is 6.00. The van der Waals surface area contributed by atoms with Crippen LogP contribution >= 0.6 is 0 Å². The topological polar surface area (TPSA) is 74.2 Å². The van der Waals surface area contributed by atoms with E-state index in [1.807, 2.05) is 24.3 Å². The van der Waals surface area contributed by atoms with Crippen molar-refractivity contribution in [1.82, 2.24) is 10.1 Å². The number of benzene rings is 1. The Kier molecular flexibility index (Phi) is 4.74. The van der Waals surface area contributed by atoms with Gasteiger partial charge in [-0.1, -0.05) is 31.1 Å². The Morgan fingerprint density at radius 1 is 1.35 bits per heavy atom. The van der Waals surface area contributed by atoms with Crippen molar-refractivity contribution in [2.24, 2.45) is 11.7 Å². The van der Waals surface area contributed by atoms with Crippen molar-refractivity contribution in [1.29, 1.82) is 0 Å². The first-order chi connectivity index (χ1) is 9.58. The first-order valence-electron chi connectivity index (χ1n) is 6.78. The predicted molar refractivity (Wildman–Crippen MR) is 76.6 cm³/mol. The lowest BCUT2D eigenvalue weighted by atomic mass is 10.0. The second kappa shape index (κ2) is 6.52. The normalized spacial score (nSPS) is 12.7. The van der Waals surface area contributed by atoms with Crippen LogP contribution in [0.3, 0.4) is 0 Å². The van der Waals surface area contributed by atoms with Crippen molar-refractivity contribution in [2.75, 3.05) is 7.11 Å². The van der Waals surface area contributed by atoms with Gasteiger partial charge in [-0.15, -0.1) is 0 Å². The van der Waals surface area contributed by atoms with Crippen LogP contribution in [0.5, 0.6) is 5.75 Å². The van der Waals surface area contributed by atoms with E-state index in [-0.39, 0.29) is 6.04 Å². The minimum atomic E-state index is 0.0418. The molecule has 0 saturated carbocycles. The zero-order valence-corrected chi connectivity index (χ0v) is 12.2. The molecule has 1 aromatic carbocycles. The third-order valence-corrected chi connectivity index (χ3v) is 3.27. The summed E-state index contributed by atoms with van der Waals surface area (Å²) in [6, 6.07) is 7.88. The van der Waals surface area contributed by atoms with Crippen LogP contribution in [0.2, 0.25) is 0 Å². The smallest absolute Gasteiger partial charge is 0.228 e. The zero-order chi connectivity index (χ0) is 14.5. The Bertz CT molecular complexity index is 552. The standard InChI is InChI=1S/C15H21N3O2/c1-10(2)13(16)9-15-17-14(18-20-15)8-11-5-4-6-12(7-11)19-3/h4-7,10,13H,8-9,16H2,1-3H3. The van der Waals surface area contributed by atoms with Gasteiger partial charge >= 0.3 is 0 Å². The van der Waals surface area contributed by atoms with E-state index in [1.165, 1.54) is 0 Å². The number of aromatic nitrogens is 2. The molecule has 0 radical (unpaired) electrons. The highest BCUT2D eigenvalue weighted by molar-refractivity contribution is 5.30. The molecule has 0 amide bonds. The molecule has 1 atom stereocenters. The molecule has 0 saturated heterocycles. The molecule has 1 unspecified atom stereocenters. The van der Waals surface area contributed by atoms with E-state index >= 15 is 0 Å². The van der Waals surface area contributed by atoms with Crippen LogP contribution in [0.25, 0.3) is 0 Å². The van der Waals surface area contributed by atoms with Crippen molar-refractivity contribution >= 4 is 0 Å². The van der Waals surface area contributed by atoms with Crippen LogP contribution in [-0.4, -0.2) is 23.3 Å². The van der Waals surface area contributed by atoms with Crippen molar-refractivity contribution in [3.63, 3.8) is 0 Å². The molecule has 0 aliphatic heterocycles. The van der Waals surface area contributed by atoms with E-state index in [9.17, 15) is 0 Å². The first-order valence-corrected chi connectivity index (χ1v) is 6.78. The largest absolute Gasteiger partial charge is 0.497 e.